The average Bonchev–Trinajstić information content (AvgIpc) is 2.19. The number of cyclic esters (lactones) is 1. The van der Waals surface area contributed by atoms with Crippen LogP contribution in [0.3, 0.4) is 0 Å². The van der Waals surface area contributed by atoms with E-state index in [9.17, 15) is 14.7 Å². The Kier molecular flexibility index (Phi) is 2.22. The lowest BCUT2D eigenvalue weighted by atomic mass is 9.54. The van der Waals surface area contributed by atoms with Crippen molar-refractivity contribution >= 4 is 11.9 Å². The van der Waals surface area contributed by atoms with Crippen LogP contribution in [0.4, 0.5) is 0 Å². The molecule has 0 amide bonds. The third-order valence-electron chi connectivity index (χ3n) is 3.62. The highest BCUT2D eigenvalue weighted by Gasteiger charge is 2.65. The summed E-state index contributed by atoms with van der Waals surface area (Å²) in [6, 6.07) is 0. The van der Waals surface area contributed by atoms with Crippen LogP contribution in [0.25, 0.3) is 0 Å². The molecular weight excluding hydrogens is 200 g/mol. The summed E-state index contributed by atoms with van der Waals surface area (Å²) < 4.78 is 5.00. The number of hydrogen-bond donors (Lipinski definition) is 2. The van der Waals surface area contributed by atoms with Gasteiger partial charge in [0.2, 0.25) is 0 Å². The topological polar surface area (TPSA) is 83.8 Å². The second-order valence-electron chi connectivity index (χ2n) is 4.43. The minimum atomic E-state index is -0.952. The van der Waals surface area contributed by atoms with Gasteiger partial charge in [-0.05, 0) is 13.8 Å². The van der Waals surface area contributed by atoms with Gasteiger partial charge < -0.3 is 14.9 Å². The van der Waals surface area contributed by atoms with Crippen LogP contribution < -0.4 is 0 Å². The molecule has 1 heterocycles. The van der Waals surface area contributed by atoms with Gasteiger partial charge in [-0.1, -0.05) is 0 Å². The maximum Gasteiger partial charge on any atom is 0.310 e. The normalized spacial score (nSPS) is 45.3. The number of fused-ring (bicyclic) bond motifs is 1. The summed E-state index contributed by atoms with van der Waals surface area (Å²) in [4.78, 5) is 22.4. The number of aliphatic hydroxyl groups excluding tert-OH is 1. The second-order valence-corrected chi connectivity index (χ2v) is 4.43. The summed E-state index contributed by atoms with van der Waals surface area (Å²) in [6.45, 7) is 3.23. The molecule has 1 aliphatic carbocycles. The van der Waals surface area contributed by atoms with Crippen LogP contribution in [0.1, 0.15) is 13.8 Å². The molecule has 2 fully saturated rings. The highest BCUT2D eigenvalue weighted by Crippen LogP contribution is 2.54. The van der Waals surface area contributed by atoms with E-state index >= 15 is 0 Å². The Bertz CT molecular complexity index is 311. The molecule has 5 heteroatoms. The minimum absolute atomic E-state index is 0.269. The van der Waals surface area contributed by atoms with Crippen molar-refractivity contribution in [3.63, 3.8) is 0 Å². The van der Waals surface area contributed by atoms with Crippen LogP contribution in [0.2, 0.25) is 0 Å². The number of rotatable bonds is 2. The number of aliphatic hydroxyl groups is 1. The van der Waals surface area contributed by atoms with Crippen molar-refractivity contribution < 1.29 is 24.5 Å². The van der Waals surface area contributed by atoms with Crippen LogP contribution in [0, 0.1) is 23.7 Å². The molecule has 0 aromatic rings. The van der Waals surface area contributed by atoms with E-state index < -0.39 is 29.8 Å². The van der Waals surface area contributed by atoms with Crippen LogP contribution in [0.5, 0.6) is 0 Å². The average molecular weight is 214 g/mol. The van der Waals surface area contributed by atoms with Gasteiger partial charge in [0.1, 0.15) is 6.10 Å². The number of aliphatic carboxylic acids is 1. The highest BCUT2D eigenvalue weighted by atomic mass is 16.6. The van der Waals surface area contributed by atoms with Gasteiger partial charge in [-0.15, -0.1) is 0 Å². The van der Waals surface area contributed by atoms with Crippen molar-refractivity contribution in [1.29, 1.82) is 0 Å². The largest absolute Gasteiger partial charge is 0.481 e. The van der Waals surface area contributed by atoms with E-state index in [0.717, 1.165) is 0 Å². The lowest BCUT2D eigenvalue weighted by Crippen LogP contribution is -2.56. The minimum Gasteiger partial charge on any atom is -0.481 e. The van der Waals surface area contributed by atoms with Crippen molar-refractivity contribution in [1.82, 2.24) is 0 Å². The monoisotopic (exact) mass is 214 g/mol. The first-order valence-corrected chi connectivity index (χ1v) is 5.06. The van der Waals surface area contributed by atoms with Crippen molar-refractivity contribution in [3.8, 4) is 0 Å². The van der Waals surface area contributed by atoms with Gasteiger partial charge in [0.15, 0.2) is 0 Å². The first kappa shape index (κ1) is 10.4. The molecule has 2 aliphatic rings. The van der Waals surface area contributed by atoms with E-state index in [1.165, 1.54) is 6.92 Å². The molecule has 0 aromatic carbocycles. The van der Waals surface area contributed by atoms with E-state index in [1.807, 2.05) is 0 Å². The number of hydrogen-bond acceptors (Lipinski definition) is 4. The van der Waals surface area contributed by atoms with E-state index in [4.69, 9.17) is 9.84 Å². The molecule has 5 nitrogen and oxygen atoms in total. The van der Waals surface area contributed by atoms with Crippen LogP contribution in [-0.4, -0.2) is 34.4 Å². The highest BCUT2D eigenvalue weighted by molar-refractivity contribution is 5.83. The number of ether oxygens (including phenoxy) is 1. The third kappa shape index (κ3) is 1.26. The van der Waals surface area contributed by atoms with Gasteiger partial charge in [-0.25, -0.2) is 0 Å². The molecule has 2 N–H and O–H groups in total. The molecule has 0 unspecified atom stereocenters. The number of carboxylic acid groups (broad SMARTS) is 1. The summed E-state index contributed by atoms with van der Waals surface area (Å²) in [5.41, 5.74) is 0. The summed E-state index contributed by atoms with van der Waals surface area (Å²) in [7, 11) is 0. The summed E-state index contributed by atoms with van der Waals surface area (Å²) in [5.74, 6) is -3.17. The standard InChI is InChI=1S/C10H14O5/c1-3(11)5-7(9(12)13)6-4(2)15-10(14)8(5)6/h3-8,11H,1-2H3,(H,12,13)/t3-,4+,5-,6-,7+,8-/m1/s1. The predicted molar refractivity (Wildman–Crippen MR) is 48.8 cm³/mol. The molecule has 1 saturated carbocycles. The van der Waals surface area contributed by atoms with Gasteiger partial charge in [0, 0.05) is 11.8 Å². The quantitative estimate of drug-likeness (QED) is 0.626. The van der Waals surface area contributed by atoms with Crippen molar-refractivity contribution in [2.24, 2.45) is 23.7 Å². The molecule has 0 spiro atoms. The molecule has 6 atom stereocenters. The molecule has 0 radical (unpaired) electrons. The Morgan fingerprint density at radius 3 is 2.60 bits per heavy atom. The molecule has 1 aliphatic heterocycles. The van der Waals surface area contributed by atoms with E-state index in [0.29, 0.717) is 0 Å². The zero-order chi connectivity index (χ0) is 11.3. The fourth-order valence-electron chi connectivity index (χ4n) is 2.98. The molecule has 15 heavy (non-hydrogen) atoms. The van der Waals surface area contributed by atoms with Gasteiger partial charge in [-0.3, -0.25) is 9.59 Å². The van der Waals surface area contributed by atoms with E-state index in [-0.39, 0.29) is 18.0 Å². The molecule has 1 saturated heterocycles. The van der Waals surface area contributed by atoms with Crippen molar-refractivity contribution in [3.05, 3.63) is 0 Å². The molecule has 0 bridgehead atoms. The molecular formula is C10H14O5. The Morgan fingerprint density at radius 1 is 1.53 bits per heavy atom. The third-order valence-corrected chi connectivity index (χ3v) is 3.62. The zero-order valence-corrected chi connectivity index (χ0v) is 8.58. The lowest BCUT2D eigenvalue weighted by Gasteiger charge is -2.45. The van der Waals surface area contributed by atoms with Gasteiger partial charge in [-0.2, -0.15) is 0 Å². The Hall–Kier alpha value is -1.10. The maximum absolute atomic E-state index is 11.4. The smallest absolute Gasteiger partial charge is 0.310 e. The van der Waals surface area contributed by atoms with Crippen LogP contribution >= 0.6 is 0 Å². The maximum atomic E-state index is 11.4. The fraction of sp³-hybridized carbons (Fsp3) is 0.800. The van der Waals surface area contributed by atoms with Gasteiger partial charge >= 0.3 is 11.9 Å². The zero-order valence-electron chi connectivity index (χ0n) is 8.58. The SMILES string of the molecule is C[C@@H]1OC(=O)[C@H]2[C@H]1[C@@H](C(=O)O)[C@H]2[C@@H](C)O. The van der Waals surface area contributed by atoms with Gasteiger partial charge in [0.05, 0.1) is 17.9 Å². The number of carboxylic acids is 1. The number of carbonyl (C=O) groups excluding carboxylic acids is 1. The van der Waals surface area contributed by atoms with Crippen LogP contribution in [0.15, 0.2) is 0 Å². The summed E-state index contributed by atoms with van der Waals surface area (Å²) >= 11 is 0. The predicted octanol–water partition coefficient (Wildman–Crippen LogP) is -0.124. The fourth-order valence-corrected chi connectivity index (χ4v) is 2.98. The number of esters is 1. The summed E-state index contributed by atoms with van der Waals surface area (Å²) in [6.07, 6.45) is -1.14. The van der Waals surface area contributed by atoms with Crippen molar-refractivity contribution in [2.75, 3.05) is 0 Å². The van der Waals surface area contributed by atoms with E-state index in [2.05, 4.69) is 0 Å². The lowest BCUT2D eigenvalue weighted by molar-refractivity contribution is -0.167. The van der Waals surface area contributed by atoms with E-state index in [1.54, 1.807) is 6.92 Å². The molecule has 84 valence electrons. The van der Waals surface area contributed by atoms with Gasteiger partial charge in [0.25, 0.3) is 0 Å². The summed E-state index contributed by atoms with van der Waals surface area (Å²) in [5, 5.41) is 18.5. The second kappa shape index (κ2) is 3.20. The molecule has 0 aromatic heterocycles. The molecule has 2 rings (SSSR count). The first-order chi connectivity index (χ1) is 6.95. The Labute approximate surface area is 87.0 Å². The Balaban J connectivity index is 2.26. The Morgan fingerprint density at radius 2 is 2.13 bits per heavy atom. The number of carbonyl (C=O) groups is 2. The van der Waals surface area contributed by atoms with Crippen molar-refractivity contribution in [2.45, 2.75) is 26.1 Å². The van der Waals surface area contributed by atoms with Crippen LogP contribution in [-0.2, 0) is 14.3 Å². The first-order valence-electron chi connectivity index (χ1n) is 5.06.